The number of carboxylic acids is 2. The fourth-order valence-electron chi connectivity index (χ4n) is 4.34. The smallest absolute Gasteiger partial charge is 0.303 e. The number of unbranched alkanes of at least 4 members (excludes halogenated alkanes) is 20. The summed E-state index contributed by atoms with van der Waals surface area (Å²) in [5, 5.41) is 17.0. The molecular formula is C34H64O4. The highest BCUT2D eigenvalue weighted by Gasteiger charge is 1.97. The van der Waals surface area contributed by atoms with Crippen LogP contribution >= 0.6 is 0 Å². The van der Waals surface area contributed by atoms with Crippen molar-refractivity contribution < 1.29 is 19.8 Å². The van der Waals surface area contributed by atoms with Gasteiger partial charge in [0.15, 0.2) is 0 Å². The molecule has 0 saturated carbocycles. The molecule has 0 saturated heterocycles. The van der Waals surface area contributed by atoms with Crippen LogP contribution in [0.4, 0.5) is 0 Å². The molecular weight excluding hydrogens is 472 g/mol. The summed E-state index contributed by atoms with van der Waals surface area (Å²) in [5.74, 6) is -1.33. The Bertz CT molecular complexity index is 539. The summed E-state index contributed by atoms with van der Waals surface area (Å²) in [4.78, 5) is 20.6. The molecule has 0 fully saturated rings. The Labute approximate surface area is 236 Å². The highest BCUT2D eigenvalue weighted by molar-refractivity contribution is 5.66. The molecule has 0 aliphatic heterocycles. The average Bonchev–Trinajstić information content (AvgIpc) is 2.89. The molecule has 4 nitrogen and oxygen atoms in total. The van der Waals surface area contributed by atoms with Crippen LogP contribution in [-0.2, 0) is 9.59 Å². The second-order valence-corrected chi connectivity index (χ2v) is 10.7. The molecule has 0 bridgehead atoms. The normalized spacial score (nSPS) is 11.2. The molecule has 0 aromatic heterocycles. The van der Waals surface area contributed by atoms with Crippen molar-refractivity contribution in [1.82, 2.24) is 0 Å². The molecule has 0 atom stereocenters. The minimum Gasteiger partial charge on any atom is -0.481 e. The van der Waals surface area contributed by atoms with Crippen molar-refractivity contribution in [1.29, 1.82) is 0 Å². The Morgan fingerprint density at radius 1 is 0.395 bits per heavy atom. The second-order valence-electron chi connectivity index (χ2n) is 10.7. The first-order valence-electron chi connectivity index (χ1n) is 16.3. The van der Waals surface area contributed by atoms with Gasteiger partial charge in [0.25, 0.3) is 0 Å². The fraction of sp³-hybridized carbons (Fsp3) is 0.824. The number of hydrogen-bond acceptors (Lipinski definition) is 2. The summed E-state index contributed by atoms with van der Waals surface area (Å²) < 4.78 is 0. The summed E-state index contributed by atoms with van der Waals surface area (Å²) in [7, 11) is 0. The van der Waals surface area contributed by atoms with Gasteiger partial charge < -0.3 is 10.2 Å². The van der Waals surface area contributed by atoms with Crippen LogP contribution < -0.4 is 0 Å². The quantitative estimate of drug-likeness (QED) is 0.0770. The number of hydrogen-bond donors (Lipinski definition) is 2. The number of aliphatic carboxylic acids is 2. The maximum Gasteiger partial charge on any atom is 0.303 e. The SMILES string of the molecule is CCCCCCC=CCCCCCCCC(=O)O.CCCCCCCC/C=C\CCCCCCCC(=O)O. The Morgan fingerprint density at radius 2 is 0.632 bits per heavy atom. The van der Waals surface area contributed by atoms with Gasteiger partial charge in [-0.15, -0.1) is 0 Å². The number of carboxylic acid groups (broad SMARTS) is 2. The molecule has 0 amide bonds. The van der Waals surface area contributed by atoms with E-state index in [-0.39, 0.29) is 0 Å². The van der Waals surface area contributed by atoms with Gasteiger partial charge in [-0.25, -0.2) is 0 Å². The topological polar surface area (TPSA) is 74.6 Å². The van der Waals surface area contributed by atoms with Gasteiger partial charge >= 0.3 is 11.9 Å². The van der Waals surface area contributed by atoms with Crippen molar-refractivity contribution in [2.45, 2.75) is 181 Å². The molecule has 0 spiro atoms. The predicted octanol–water partition coefficient (Wildman–Crippen LogP) is 11.4. The van der Waals surface area contributed by atoms with Crippen LogP contribution in [0.25, 0.3) is 0 Å². The number of carbonyl (C=O) groups is 2. The summed E-state index contributed by atoms with van der Waals surface area (Å²) in [5.41, 5.74) is 0. The molecule has 2 N–H and O–H groups in total. The minimum atomic E-state index is -0.666. The highest BCUT2D eigenvalue weighted by atomic mass is 16.4. The molecule has 0 rings (SSSR count). The highest BCUT2D eigenvalue weighted by Crippen LogP contribution is 2.10. The number of allylic oxidation sites excluding steroid dienone is 4. The van der Waals surface area contributed by atoms with Crippen LogP contribution in [0.15, 0.2) is 24.3 Å². The Kier molecular flexibility index (Phi) is 35.9. The zero-order chi connectivity index (χ0) is 28.4. The van der Waals surface area contributed by atoms with Gasteiger partial charge in [0.05, 0.1) is 0 Å². The van der Waals surface area contributed by atoms with Crippen LogP contribution in [0.3, 0.4) is 0 Å². The molecule has 224 valence electrons. The first-order chi connectivity index (χ1) is 18.5. The monoisotopic (exact) mass is 536 g/mol. The van der Waals surface area contributed by atoms with E-state index in [9.17, 15) is 9.59 Å². The molecule has 4 heteroatoms. The van der Waals surface area contributed by atoms with E-state index < -0.39 is 11.9 Å². The lowest BCUT2D eigenvalue weighted by Gasteiger charge is -1.99. The maximum atomic E-state index is 10.3. The fourth-order valence-corrected chi connectivity index (χ4v) is 4.34. The first-order valence-corrected chi connectivity index (χ1v) is 16.3. The van der Waals surface area contributed by atoms with Gasteiger partial charge in [-0.05, 0) is 64.2 Å². The van der Waals surface area contributed by atoms with Crippen molar-refractivity contribution >= 4 is 11.9 Å². The number of rotatable bonds is 28. The lowest BCUT2D eigenvalue weighted by Crippen LogP contribution is -1.93. The van der Waals surface area contributed by atoms with Crippen molar-refractivity contribution in [2.24, 2.45) is 0 Å². The van der Waals surface area contributed by atoms with Gasteiger partial charge in [0.1, 0.15) is 0 Å². The predicted molar refractivity (Wildman–Crippen MR) is 165 cm³/mol. The van der Waals surface area contributed by atoms with Crippen molar-refractivity contribution in [3.63, 3.8) is 0 Å². The lowest BCUT2D eigenvalue weighted by molar-refractivity contribution is -0.138. The van der Waals surface area contributed by atoms with Crippen molar-refractivity contribution in [3.8, 4) is 0 Å². The molecule has 0 aromatic carbocycles. The van der Waals surface area contributed by atoms with Crippen molar-refractivity contribution in [3.05, 3.63) is 24.3 Å². The van der Waals surface area contributed by atoms with E-state index in [2.05, 4.69) is 38.2 Å². The summed E-state index contributed by atoms with van der Waals surface area (Å²) in [6, 6.07) is 0. The van der Waals surface area contributed by atoms with E-state index >= 15 is 0 Å². The second kappa shape index (κ2) is 35.4. The summed E-state index contributed by atoms with van der Waals surface area (Å²) in [6.07, 6.45) is 39.6. The first kappa shape index (κ1) is 38.6. The lowest BCUT2D eigenvalue weighted by atomic mass is 10.1. The van der Waals surface area contributed by atoms with E-state index in [1.165, 1.54) is 128 Å². The molecule has 0 heterocycles. The van der Waals surface area contributed by atoms with Gasteiger partial charge in [-0.3, -0.25) is 9.59 Å². The molecule has 0 aliphatic carbocycles. The van der Waals surface area contributed by atoms with Crippen LogP contribution in [-0.4, -0.2) is 22.2 Å². The third-order valence-corrected chi connectivity index (χ3v) is 6.80. The minimum absolute atomic E-state index is 0.331. The summed E-state index contributed by atoms with van der Waals surface area (Å²) >= 11 is 0. The third-order valence-electron chi connectivity index (χ3n) is 6.80. The zero-order valence-electron chi connectivity index (χ0n) is 25.4. The van der Waals surface area contributed by atoms with E-state index in [4.69, 9.17) is 10.2 Å². The Hall–Kier alpha value is -1.58. The van der Waals surface area contributed by atoms with Crippen LogP contribution in [0.2, 0.25) is 0 Å². The van der Waals surface area contributed by atoms with E-state index in [1.54, 1.807) is 0 Å². The molecule has 0 aliphatic rings. The summed E-state index contributed by atoms with van der Waals surface area (Å²) in [6.45, 7) is 4.50. The molecule has 38 heavy (non-hydrogen) atoms. The van der Waals surface area contributed by atoms with Gasteiger partial charge in [-0.2, -0.15) is 0 Å². The van der Waals surface area contributed by atoms with Gasteiger partial charge in [0.2, 0.25) is 0 Å². The molecule has 0 radical (unpaired) electrons. The van der Waals surface area contributed by atoms with Crippen LogP contribution in [0.1, 0.15) is 181 Å². The largest absolute Gasteiger partial charge is 0.481 e. The Balaban J connectivity index is 0. The van der Waals surface area contributed by atoms with Crippen molar-refractivity contribution in [2.75, 3.05) is 0 Å². The maximum absolute atomic E-state index is 10.3. The molecule has 0 unspecified atom stereocenters. The van der Waals surface area contributed by atoms with Crippen LogP contribution in [0, 0.1) is 0 Å². The van der Waals surface area contributed by atoms with Gasteiger partial charge in [-0.1, -0.05) is 128 Å². The van der Waals surface area contributed by atoms with Crippen LogP contribution in [0.5, 0.6) is 0 Å². The average molecular weight is 537 g/mol. The van der Waals surface area contributed by atoms with Gasteiger partial charge in [0, 0.05) is 12.8 Å². The standard InChI is InChI=1S/C18H34O2.C16H30O2/c1-2-3-4-5-6-7-8-9-10-11-12-13-14-15-16-17-18(19)20;1-2-3-4-5-6-7-8-9-10-11-12-13-14-15-16(17)18/h9-10H,2-8,11-17H2,1H3,(H,19,20);7-8H,2-6,9-15H2,1H3,(H,17,18)/b10-9-;. The third kappa shape index (κ3) is 41.5. The Morgan fingerprint density at radius 3 is 0.921 bits per heavy atom. The zero-order valence-corrected chi connectivity index (χ0v) is 25.4. The van der Waals surface area contributed by atoms with E-state index in [0.717, 1.165) is 25.7 Å². The molecule has 0 aromatic rings. The van der Waals surface area contributed by atoms with E-state index in [0.29, 0.717) is 12.8 Å². The van der Waals surface area contributed by atoms with E-state index in [1.807, 2.05) is 0 Å².